The Balaban J connectivity index is 1.70. The second-order valence-electron chi connectivity index (χ2n) is 9.52. The van der Waals surface area contributed by atoms with Crippen LogP contribution in [0.1, 0.15) is 51.6 Å². The average molecular weight is 517 g/mol. The van der Waals surface area contributed by atoms with Gasteiger partial charge in [-0.3, -0.25) is 9.59 Å². The molecule has 0 unspecified atom stereocenters. The molecule has 2 amide bonds. The van der Waals surface area contributed by atoms with Crippen molar-refractivity contribution in [1.82, 2.24) is 10.3 Å². The minimum Gasteiger partial charge on any atom is -0.481 e. The molecule has 2 N–H and O–H groups in total. The number of esters is 1. The Labute approximate surface area is 222 Å². The van der Waals surface area contributed by atoms with Crippen LogP contribution in [0.15, 0.2) is 60.8 Å². The first-order chi connectivity index (χ1) is 18.2. The number of carbonyl (C=O) groups excluding carboxylic acids is 3. The van der Waals surface area contributed by atoms with Crippen molar-refractivity contribution in [3.05, 3.63) is 83.0 Å². The summed E-state index contributed by atoms with van der Waals surface area (Å²) < 4.78 is 9.97. The number of hydrogen-bond donors (Lipinski definition) is 2. The SMILES string of the molecule is CNC(=O)c1cc(OC)ncc1NC(=O)C1(c2ccccc2C(C)C)CN(c2ccc(C(=O)OC)cc2)C1. The first-order valence-electron chi connectivity index (χ1n) is 12.3. The largest absolute Gasteiger partial charge is 0.481 e. The predicted octanol–water partition coefficient (Wildman–Crippen LogP) is 3.76. The molecule has 1 aromatic heterocycles. The van der Waals surface area contributed by atoms with Crippen LogP contribution in [0.25, 0.3) is 0 Å². The number of methoxy groups -OCH3 is 2. The number of aromatic nitrogens is 1. The van der Waals surface area contributed by atoms with Gasteiger partial charge >= 0.3 is 5.97 Å². The van der Waals surface area contributed by atoms with Crippen LogP contribution in [0.3, 0.4) is 0 Å². The summed E-state index contributed by atoms with van der Waals surface area (Å²) in [5.74, 6) is -0.525. The van der Waals surface area contributed by atoms with Gasteiger partial charge in [0.1, 0.15) is 5.41 Å². The van der Waals surface area contributed by atoms with Crippen molar-refractivity contribution >= 4 is 29.2 Å². The van der Waals surface area contributed by atoms with Gasteiger partial charge in [0.25, 0.3) is 5.91 Å². The number of rotatable bonds is 8. The van der Waals surface area contributed by atoms with Crippen molar-refractivity contribution in [2.24, 2.45) is 0 Å². The fourth-order valence-corrected chi connectivity index (χ4v) is 4.80. The fraction of sp³-hybridized carbons (Fsp3) is 0.310. The molecule has 0 atom stereocenters. The topological polar surface area (TPSA) is 110 Å². The number of amides is 2. The van der Waals surface area contributed by atoms with Crippen molar-refractivity contribution in [3.8, 4) is 5.88 Å². The van der Waals surface area contributed by atoms with E-state index in [1.807, 2.05) is 36.4 Å². The highest BCUT2D eigenvalue weighted by atomic mass is 16.5. The Morgan fingerprint density at radius 3 is 2.32 bits per heavy atom. The summed E-state index contributed by atoms with van der Waals surface area (Å²) in [6, 6.07) is 16.6. The number of benzene rings is 2. The molecule has 1 aliphatic rings. The molecule has 4 rings (SSSR count). The van der Waals surface area contributed by atoms with Crippen molar-refractivity contribution in [2.75, 3.05) is 44.6 Å². The molecule has 0 saturated carbocycles. The number of hydrogen-bond acceptors (Lipinski definition) is 7. The second-order valence-corrected chi connectivity index (χ2v) is 9.52. The number of pyridine rings is 1. The van der Waals surface area contributed by atoms with Crippen LogP contribution in [-0.2, 0) is 14.9 Å². The summed E-state index contributed by atoms with van der Waals surface area (Å²) in [5.41, 5.74) is 3.06. The average Bonchev–Trinajstić information content (AvgIpc) is 2.92. The molecule has 2 aromatic carbocycles. The van der Waals surface area contributed by atoms with Crippen LogP contribution in [0.2, 0.25) is 0 Å². The minimum absolute atomic E-state index is 0.202. The van der Waals surface area contributed by atoms with E-state index in [-0.39, 0.29) is 29.2 Å². The molecule has 0 aliphatic carbocycles. The van der Waals surface area contributed by atoms with Crippen LogP contribution < -0.4 is 20.3 Å². The molecule has 0 spiro atoms. The number of carbonyl (C=O) groups is 3. The molecule has 38 heavy (non-hydrogen) atoms. The van der Waals surface area contributed by atoms with E-state index in [4.69, 9.17) is 9.47 Å². The highest BCUT2D eigenvalue weighted by molar-refractivity contribution is 6.07. The zero-order valence-electron chi connectivity index (χ0n) is 22.2. The zero-order chi connectivity index (χ0) is 27.4. The van der Waals surface area contributed by atoms with Gasteiger partial charge in [0.05, 0.1) is 37.2 Å². The standard InChI is InChI=1S/C29H32N4O5/c1-18(2)21-8-6-7-9-23(21)29(16-33(17-29)20-12-10-19(11-13-20)27(35)38-5)28(36)32-24-15-31-25(37-4)14-22(24)26(34)30-3/h6-15,18H,16-17H2,1-5H3,(H,30,34)(H,32,36). The third-order valence-corrected chi connectivity index (χ3v) is 6.92. The van der Waals surface area contributed by atoms with E-state index < -0.39 is 11.4 Å². The summed E-state index contributed by atoms with van der Waals surface area (Å²) in [7, 11) is 4.34. The van der Waals surface area contributed by atoms with E-state index in [0.29, 0.717) is 24.3 Å². The molecule has 9 nitrogen and oxygen atoms in total. The van der Waals surface area contributed by atoms with Crippen molar-refractivity contribution < 1.29 is 23.9 Å². The van der Waals surface area contributed by atoms with Gasteiger partial charge in [0.2, 0.25) is 11.8 Å². The molecule has 0 bridgehead atoms. The lowest BCUT2D eigenvalue weighted by molar-refractivity contribution is -0.122. The monoisotopic (exact) mass is 516 g/mol. The molecular formula is C29H32N4O5. The predicted molar refractivity (Wildman–Crippen MR) is 145 cm³/mol. The van der Waals surface area contributed by atoms with Crippen molar-refractivity contribution in [1.29, 1.82) is 0 Å². The third-order valence-electron chi connectivity index (χ3n) is 6.92. The van der Waals surface area contributed by atoms with Crippen LogP contribution in [-0.4, -0.2) is 57.1 Å². The summed E-state index contributed by atoms with van der Waals surface area (Å²) >= 11 is 0. The van der Waals surface area contributed by atoms with Crippen LogP contribution in [0, 0.1) is 0 Å². The summed E-state index contributed by atoms with van der Waals surface area (Å²) in [6.45, 7) is 5.03. The molecule has 9 heteroatoms. The lowest BCUT2D eigenvalue weighted by Gasteiger charge is -2.51. The molecule has 198 valence electrons. The van der Waals surface area contributed by atoms with Crippen molar-refractivity contribution in [3.63, 3.8) is 0 Å². The smallest absolute Gasteiger partial charge is 0.337 e. The van der Waals surface area contributed by atoms with Gasteiger partial charge in [-0.1, -0.05) is 38.1 Å². The molecule has 2 heterocycles. The Kier molecular flexibility index (Phi) is 7.66. The maximum Gasteiger partial charge on any atom is 0.337 e. The van der Waals surface area contributed by atoms with Gasteiger partial charge in [-0.2, -0.15) is 0 Å². The first kappa shape index (κ1) is 26.7. The number of nitrogens with zero attached hydrogens (tertiary/aromatic N) is 2. The van der Waals surface area contributed by atoms with Gasteiger partial charge in [0, 0.05) is 31.9 Å². The van der Waals surface area contributed by atoms with E-state index >= 15 is 0 Å². The summed E-state index contributed by atoms with van der Waals surface area (Å²) in [6.07, 6.45) is 1.44. The van der Waals surface area contributed by atoms with E-state index in [1.54, 1.807) is 12.1 Å². The quantitative estimate of drug-likeness (QED) is 0.439. The maximum absolute atomic E-state index is 14.1. The normalized spacial score (nSPS) is 13.9. The Morgan fingerprint density at radius 1 is 1.03 bits per heavy atom. The maximum atomic E-state index is 14.1. The van der Waals surface area contributed by atoms with Gasteiger partial charge in [0.15, 0.2) is 0 Å². The highest BCUT2D eigenvalue weighted by Crippen LogP contribution is 2.42. The van der Waals surface area contributed by atoms with Crippen LogP contribution in [0.5, 0.6) is 5.88 Å². The van der Waals surface area contributed by atoms with Crippen molar-refractivity contribution in [2.45, 2.75) is 25.2 Å². The third kappa shape index (κ3) is 4.91. The van der Waals surface area contributed by atoms with E-state index in [2.05, 4.69) is 34.4 Å². The van der Waals surface area contributed by atoms with E-state index in [1.165, 1.54) is 33.5 Å². The molecule has 1 fully saturated rings. The van der Waals surface area contributed by atoms with E-state index in [0.717, 1.165) is 16.8 Å². The van der Waals surface area contributed by atoms with Gasteiger partial charge in [-0.15, -0.1) is 0 Å². The van der Waals surface area contributed by atoms with Crippen LogP contribution >= 0.6 is 0 Å². The zero-order valence-corrected chi connectivity index (χ0v) is 22.2. The Morgan fingerprint density at radius 2 is 1.71 bits per heavy atom. The minimum atomic E-state index is -0.873. The van der Waals surface area contributed by atoms with Crippen LogP contribution in [0.4, 0.5) is 11.4 Å². The highest BCUT2D eigenvalue weighted by Gasteiger charge is 2.52. The lowest BCUT2D eigenvalue weighted by atomic mass is 9.69. The first-order valence-corrected chi connectivity index (χ1v) is 12.3. The number of anilines is 2. The van der Waals surface area contributed by atoms with Gasteiger partial charge in [-0.05, 0) is 41.3 Å². The second kappa shape index (κ2) is 10.9. The van der Waals surface area contributed by atoms with Gasteiger partial charge in [-0.25, -0.2) is 9.78 Å². The summed E-state index contributed by atoms with van der Waals surface area (Å²) in [5, 5.41) is 5.58. The molecule has 1 saturated heterocycles. The Hall–Kier alpha value is -4.40. The lowest BCUT2D eigenvalue weighted by Crippen LogP contribution is -2.65. The summed E-state index contributed by atoms with van der Waals surface area (Å²) in [4.78, 5) is 44.8. The molecular weight excluding hydrogens is 484 g/mol. The number of ether oxygens (including phenoxy) is 2. The Bertz CT molecular complexity index is 1350. The molecule has 1 aliphatic heterocycles. The molecule has 3 aromatic rings. The fourth-order valence-electron chi connectivity index (χ4n) is 4.80. The number of nitrogens with one attached hydrogen (secondary N) is 2. The van der Waals surface area contributed by atoms with Gasteiger partial charge < -0.3 is 25.0 Å². The molecule has 0 radical (unpaired) electrons. The van der Waals surface area contributed by atoms with E-state index in [9.17, 15) is 14.4 Å².